The molecule has 1 aliphatic heterocycles. The topological polar surface area (TPSA) is 49.3 Å². The van der Waals surface area contributed by atoms with Crippen LogP contribution in [0.4, 0.5) is 5.82 Å². The third-order valence-electron chi connectivity index (χ3n) is 5.03. The number of halogens is 1. The molecule has 6 heteroatoms. The average Bonchev–Trinajstić information content (AvgIpc) is 3.11. The van der Waals surface area contributed by atoms with Crippen molar-refractivity contribution in [2.75, 3.05) is 31.1 Å². The largest absolute Gasteiger partial charge is 0.352 e. The SMILES string of the molecule is O=C(Cc1ccc(Br)cc1)N1CCN(c2cc3c(nn2)CCC3)CC1. The highest BCUT2D eigenvalue weighted by molar-refractivity contribution is 9.10. The maximum atomic E-state index is 12.5. The Morgan fingerprint density at radius 3 is 2.56 bits per heavy atom. The van der Waals surface area contributed by atoms with Crippen molar-refractivity contribution in [3.05, 3.63) is 51.6 Å². The van der Waals surface area contributed by atoms with Crippen LogP contribution >= 0.6 is 15.9 Å². The molecule has 2 aromatic rings. The number of aromatic nitrogens is 2. The van der Waals surface area contributed by atoms with E-state index in [2.05, 4.69) is 37.1 Å². The second-order valence-corrected chi connectivity index (χ2v) is 7.61. The molecule has 2 aliphatic rings. The van der Waals surface area contributed by atoms with Crippen molar-refractivity contribution in [2.24, 2.45) is 0 Å². The fraction of sp³-hybridized carbons (Fsp3) is 0.421. The molecule has 1 aromatic carbocycles. The standard InChI is InChI=1S/C19H21BrN4O/c20-16-6-4-14(5-7-16)12-19(25)24-10-8-23(9-11-24)18-13-15-2-1-3-17(15)21-22-18/h4-7,13H,1-3,8-12H2. The normalized spacial score (nSPS) is 16.8. The molecule has 2 heterocycles. The summed E-state index contributed by atoms with van der Waals surface area (Å²) in [6, 6.07) is 10.1. The zero-order valence-corrected chi connectivity index (χ0v) is 15.7. The molecule has 130 valence electrons. The molecule has 25 heavy (non-hydrogen) atoms. The van der Waals surface area contributed by atoms with Crippen molar-refractivity contribution in [1.29, 1.82) is 0 Å². The number of amides is 1. The van der Waals surface area contributed by atoms with Crippen LogP contribution in [0.1, 0.15) is 23.2 Å². The van der Waals surface area contributed by atoms with Gasteiger partial charge in [-0.2, -0.15) is 5.10 Å². The fourth-order valence-electron chi connectivity index (χ4n) is 3.55. The van der Waals surface area contributed by atoms with Gasteiger partial charge in [0.1, 0.15) is 0 Å². The minimum Gasteiger partial charge on any atom is -0.352 e. The molecule has 1 saturated heterocycles. The first-order valence-corrected chi connectivity index (χ1v) is 9.61. The summed E-state index contributed by atoms with van der Waals surface area (Å²) < 4.78 is 1.03. The number of piperazine rings is 1. The van der Waals surface area contributed by atoms with Crippen LogP contribution in [-0.4, -0.2) is 47.2 Å². The molecule has 0 bridgehead atoms. The van der Waals surface area contributed by atoms with Gasteiger partial charge in [0.25, 0.3) is 0 Å². The Kier molecular flexibility index (Phi) is 4.70. The number of carbonyl (C=O) groups is 1. The number of rotatable bonds is 3. The Hall–Kier alpha value is -1.95. The minimum absolute atomic E-state index is 0.196. The molecule has 1 aromatic heterocycles. The van der Waals surface area contributed by atoms with E-state index in [1.54, 1.807) is 0 Å². The summed E-state index contributed by atoms with van der Waals surface area (Å²) in [6.07, 6.45) is 3.82. The van der Waals surface area contributed by atoms with E-state index in [0.29, 0.717) is 6.42 Å². The first-order chi connectivity index (χ1) is 12.2. The highest BCUT2D eigenvalue weighted by Gasteiger charge is 2.23. The minimum atomic E-state index is 0.196. The molecule has 1 aliphatic carbocycles. The Labute approximate surface area is 156 Å². The lowest BCUT2D eigenvalue weighted by Crippen LogP contribution is -2.49. The van der Waals surface area contributed by atoms with Gasteiger partial charge in [0.15, 0.2) is 5.82 Å². The van der Waals surface area contributed by atoms with E-state index in [1.165, 1.54) is 12.0 Å². The highest BCUT2D eigenvalue weighted by atomic mass is 79.9. The van der Waals surface area contributed by atoms with E-state index < -0.39 is 0 Å². The van der Waals surface area contributed by atoms with Crippen molar-refractivity contribution >= 4 is 27.7 Å². The summed E-state index contributed by atoms with van der Waals surface area (Å²) in [5.41, 5.74) is 3.56. The summed E-state index contributed by atoms with van der Waals surface area (Å²) in [4.78, 5) is 16.7. The van der Waals surface area contributed by atoms with Gasteiger partial charge in [-0.1, -0.05) is 28.1 Å². The van der Waals surface area contributed by atoms with Gasteiger partial charge in [-0.3, -0.25) is 4.79 Å². The first-order valence-electron chi connectivity index (χ1n) is 8.82. The Bertz CT molecular complexity index is 769. The number of hydrogen-bond acceptors (Lipinski definition) is 4. The van der Waals surface area contributed by atoms with Crippen LogP contribution in [0, 0.1) is 0 Å². The quantitative estimate of drug-likeness (QED) is 0.794. The molecule has 0 spiro atoms. The van der Waals surface area contributed by atoms with Gasteiger partial charge in [0.05, 0.1) is 12.1 Å². The zero-order chi connectivity index (χ0) is 17.2. The van der Waals surface area contributed by atoms with Gasteiger partial charge < -0.3 is 9.80 Å². The van der Waals surface area contributed by atoms with Crippen LogP contribution < -0.4 is 4.90 Å². The summed E-state index contributed by atoms with van der Waals surface area (Å²) in [5, 5.41) is 8.76. The lowest BCUT2D eigenvalue weighted by atomic mass is 10.1. The smallest absolute Gasteiger partial charge is 0.227 e. The molecule has 0 unspecified atom stereocenters. The molecule has 1 fully saturated rings. The zero-order valence-electron chi connectivity index (χ0n) is 14.1. The second kappa shape index (κ2) is 7.12. The van der Waals surface area contributed by atoms with Gasteiger partial charge in [0, 0.05) is 30.7 Å². The predicted molar refractivity (Wildman–Crippen MR) is 101 cm³/mol. The second-order valence-electron chi connectivity index (χ2n) is 6.70. The monoisotopic (exact) mass is 400 g/mol. The van der Waals surface area contributed by atoms with Crippen molar-refractivity contribution in [2.45, 2.75) is 25.7 Å². The van der Waals surface area contributed by atoms with Crippen LogP contribution in [0.25, 0.3) is 0 Å². The van der Waals surface area contributed by atoms with Crippen LogP contribution in [0.5, 0.6) is 0 Å². The molecule has 0 radical (unpaired) electrons. The predicted octanol–water partition coefficient (Wildman–Crippen LogP) is 2.62. The van der Waals surface area contributed by atoms with E-state index in [9.17, 15) is 4.79 Å². The van der Waals surface area contributed by atoms with Gasteiger partial charge in [-0.15, -0.1) is 5.10 Å². The van der Waals surface area contributed by atoms with Crippen LogP contribution in [0.15, 0.2) is 34.8 Å². The number of benzene rings is 1. The summed E-state index contributed by atoms with van der Waals surface area (Å²) in [6.45, 7) is 3.13. The lowest BCUT2D eigenvalue weighted by molar-refractivity contribution is -0.130. The van der Waals surface area contributed by atoms with Crippen molar-refractivity contribution in [1.82, 2.24) is 15.1 Å². The van der Waals surface area contributed by atoms with E-state index in [0.717, 1.165) is 60.6 Å². The third-order valence-corrected chi connectivity index (χ3v) is 5.56. The molecule has 5 nitrogen and oxygen atoms in total. The third kappa shape index (κ3) is 3.68. The number of hydrogen-bond donors (Lipinski definition) is 0. The van der Waals surface area contributed by atoms with Crippen LogP contribution in [0.3, 0.4) is 0 Å². The van der Waals surface area contributed by atoms with Gasteiger partial charge >= 0.3 is 0 Å². The van der Waals surface area contributed by atoms with E-state index >= 15 is 0 Å². The highest BCUT2D eigenvalue weighted by Crippen LogP contribution is 2.23. The maximum absolute atomic E-state index is 12.5. The molecular weight excluding hydrogens is 380 g/mol. The number of anilines is 1. The first kappa shape index (κ1) is 16.5. The molecule has 0 atom stereocenters. The Morgan fingerprint density at radius 2 is 1.80 bits per heavy atom. The van der Waals surface area contributed by atoms with Crippen molar-refractivity contribution < 1.29 is 4.79 Å². The molecule has 4 rings (SSSR count). The summed E-state index contributed by atoms with van der Waals surface area (Å²) in [7, 11) is 0. The molecule has 1 amide bonds. The van der Waals surface area contributed by atoms with Gasteiger partial charge in [-0.05, 0) is 48.6 Å². The summed E-state index contributed by atoms with van der Waals surface area (Å²) >= 11 is 3.42. The van der Waals surface area contributed by atoms with E-state index in [4.69, 9.17) is 0 Å². The number of nitrogens with zero attached hydrogens (tertiary/aromatic N) is 4. The molecular formula is C19H21BrN4O. The van der Waals surface area contributed by atoms with Gasteiger partial charge in [-0.25, -0.2) is 0 Å². The molecule has 0 N–H and O–H groups in total. The van der Waals surface area contributed by atoms with Crippen LogP contribution in [-0.2, 0) is 24.1 Å². The number of aryl methyl sites for hydroxylation is 2. The fourth-order valence-corrected chi connectivity index (χ4v) is 3.81. The number of carbonyl (C=O) groups excluding carboxylic acids is 1. The average molecular weight is 401 g/mol. The van der Waals surface area contributed by atoms with E-state index in [1.807, 2.05) is 29.2 Å². The van der Waals surface area contributed by atoms with Gasteiger partial charge in [0.2, 0.25) is 5.91 Å². The summed E-state index contributed by atoms with van der Waals surface area (Å²) in [5.74, 6) is 1.16. The Balaban J connectivity index is 1.34. The van der Waals surface area contributed by atoms with Crippen molar-refractivity contribution in [3.8, 4) is 0 Å². The van der Waals surface area contributed by atoms with Crippen LogP contribution in [0.2, 0.25) is 0 Å². The van der Waals surface area contributed by atoms with E-state index in [-0.39, 0.29) is 5.91 Å². The maximum Gasteiger partial charge on any atom is 0.227 e. The Morgan fingerprint density at radius 1 is 1.04 bits per heavy atom. The number of fused-ring (bicyclic) bond motifs is 1. The van der Waals surface area contributed by atoms with Crippen molar-refractivity contribution in [3.63, 3.8) is 0 Å². The molecule has 0 saturated carbocycles. The lowest BCUT2D eigenvalue weighted by Gasteiger charge is -2.35.